The van der Waals surface area contributed by atoms with Crippen molar-refractivity contribution in [3.05, 3.63) is 54.1 Å². The molecule has 0 bridgehead atoms. The molecule has 0 saturated heterocycles. The molecule has 6 heteroatoms. The number of carbonyl (C=O) groups is 1. The van der Waals surface area contributed by atoms with E-state index in [1.54, 1.807) is 48.5 Å². The summed E-state index contributed by atoms with van der Waals surface area (Å²) < 4.78 is 30.3. The topological polar surface area (TPSA) is 72.5 Å². The fourth-order valence-corrected chi connectivity index (χ4v) is 4.43. The van der Waals surface area contributed by atoms with Crippen molar-refractivity contribution in [1.82, 2.24) is 0 Å². The van der Waals surface area contributed by atoms with Crippen LogP contribution in [0.25, 0.3) is 0 Å². The van der Waals surface area contributed by atoms with Gasteiger partial charge in [-0.15, -0.1) is 0 Å². The standard InChI is InChI=1S/C23H29NO4S/c1-23(2,3)18-9-15-21(16-10-18)29(26,27)28-20-13-11-19(12-14-20)24-22(25)17-7-5-4-6-8-17/h9-17H,4-8H2,1-3H3,(H,24,25). The molecular weight excluding hydrogens is 386 g/mol. The maximum atomic E-state index is 12.5. The lowest BCUT2D eigenvalue weighted by Gasteiger charge is -2.20. The van der Waals surface area contributed by atoms with Gasteiger partial charge in [0.1, 0.15) is 10.6 Å². The number of amides is 1. The minimum absolute atomic E-state index is 0.0323. The minimum Gasteiger partial charge on any atom is -0.379 e. The van der Waals surface area contributed by atoms with Gasteiger partial charge in [0.15, 0.2) is 0 Å². The molecule has 0 atom stereocenters. The van der Waals surface area contributed by atoms with E-state index in [4.69, 9.17) is 4.18 Å². The number of hydrogen-bond donors (Lipinski definition) is 1. The molecule has 29 heavy (non-hydrogen) atoms. The molecule has 0 radical (unpaired) electrons. The van der Waals surface area contributed by atoms with Crippen LogP contribution in [-0.4, -0.2) is 14.3 Å². The number of anilines is 1. The SMILES string of the molecule is CC(C)(C)c1ccc(S(=O)(=O)Oc2ccc(NC(=O)C3CCCCC3)cc2)cc1. The second-order valence-electron chi connectivity index (χ2n) is 8.66. The van der Waals surface area contributed by atoms with Gasteiger partial charge < -0.3 is 9.50 Å². The molecule has 156 valence electrons. The van der Waals surface area contributed by atoms with E-state index in [0.717, 1.165) is 31.2 Å². The molecule has 5 nitrogen and oxygen atoms in total. The van der Waals surface area contributed by atoms with E-state index in [1.807, 2.05) is 0 Å². The Morgan fingerprint density at radius 1 is 0.931 bits per heavy atom. The van der Waals surface area contributed by atoms with Crippen molar-refractivity contribution in [2.75, 3.05) is 5.32 Å². The molecule has 0 aliphatic heterocycles. The molecule has 3 rings (SSSR count). The molecule has 1 aliphatic carbocycles. The Hall–Kier alpha value is -2.34. The zero-order valence-electron chi connectivity index (χ0n) is 17.3. The Morgan fingerprint density at radius 3 is 2.07 bits per heavy atom. The molecule has 1 N–H and O–H groups in total. The van der Waals surface area contributed by atoms with Crippen molar-refractivity contribution in [1.29, 1.82) is 0 Å². The highest BCUT2D eigenvalue weighted by molar-refractivity contribution is 7.87. The second-order valence-corrected chi connectivity index (χ2v) is 10.2. The van der Waals surface area contributed by atoms with Crippen molar-refractivity contribution in [2.45, 2.75) is 63.2 Å². The maximum absolute atomic E-state index is 12.5. The zero-order chi connectivity index (χ0) is 21.1. The summed E-state index contributed by atoms with van der Waals surface area (Å²) in [6.45, 7) is 6.21. The van der Waals surface area contributed by atoms with Crippen LogP contribution in [0.5, 0.6) is 5.75 Å². The van der Waals surface area contributed by atoms with Crippen molar-refractivity contribution in [2.24, 2.45) is 5.92 Å². The van der Waals surface area contributed by atoms with Gasteiger partial charge in [-0.1, -0.05) is 52.2 Å². The largest absolute Gasteiger partial charge is 0.379 e. The summed E-state index contributed by atoms with van der Waals surface area (Å²) in [6, 6.07) is 13.2. The van der Waals surface area contributed by atoms with Crippen LogP contribution in [0, 0.1) is 5.92 Å². The normalized spacial score (nSPS) is 15.7. The van der Waals surface area contributed by atoms with Gasteiger partial charge in [-0.2, -0.15) is 8.42 Å². The monoisotopic (exact) mass is 415 g/mol. The Kier molecular flexibility index (Phi) is 6.32. The van der Waals surface area contributed by atoms with Gasteiger partial charge in [0.2, 0.25) is 5.91 Å². The van der Waals surface area contributed by atoms with Crippen LogP contribution >= 0.6 is 0 Å². The highest BCUT2D eigenvalue weighted by atomic mass is 32.2. The van der Waals surface area contributed by atoms with Crippen LogP contribution in [-0.2, 0) is 20.3 Å². The first-order chi connectivity index (χ1) is 13.6. The number of carbonyl (C=O) groups excluding carboxylic acids is 1. The lowest BCUT2D eigenvalue weighted by molar-refractivity contribution is -0.120. The van der Waals surface area contributed by atoms with E-state index in [0.29, 0.717) is 5.69 Å². The Labute approximate surface area is 173 Å². The lowest BCUT2D eigenvalue weighted by Crippen LogP contribution is -2.24. The first-order valence-corrected chi connectivity index (χ1v) is 11.5. The van der Waals surface area contributed by atoms with E-state index < -0.39 is 10.1 Å². The van der Waals surface area contributed by atoms with Gasteiger partial charge in [-0.3, -0.25) is 4.79 Å². The second kappa shape index (κ2) is 8.57. The fourth-order valence-electron chi connectivity index (χ4n) is 3.50. The molecule has 1 amide bonds. The Bertz CT molecular complexity index is 936. The van der Waals surface area contributed by atoms with Crippen molar-refractivity contribution >= 4 is 21.7 Å². The van der Waals surface area contributed by atoms with Gasteiger partial charge in [0.25, 0.3) is 0 Å². The molecule has 0 aromatic heterocycles. The Morgan fingerprint density at radius 2 is 1.52 bits per heavy atom. The van der Waals surface area contributed by atoms with Gasteiger partial charge >= 0.3 is 10.1 Å². The molecule has 1 saturated carbocycles. The maximum Gasteiger partial charge on any atom is 0.339 e. The van der Waals surface area contributed by atoms with Crippen molar-refractivity contribution in [3.8, 4) is 5.75 Å². The summed E-state index contributed by atoms with van der Waals surface area (Å²) in [6.07, 6.45) is 5.25. The molecule has 2 aromatic rings. The fraction of sp³-hybridized carbons (Fsp3) is 0.435. The third kappa shape index (κ3) is 5.60. The van der Waals surface area contributed by atoms with Crippen LogP contribution in [0.1, 0.15) is 58.4 Å². The van der Waals surface area contributed by atoms with Crippen molar-refractivity contribution < 1.29 is 17.4 Å². The van der Waals surface area contributed by atoms with E-state index in [-0.39, 0.29) is 27.9 Å². The summed E-state index contributed by atoms with van der Waals surface area (Å²) in [5.41, 5.74) is 1.63. The molecule has 1 aliphatic rings. The molecule has 2 aromatic carbocycles. The van der Waals surface area contributed by atoms with E-state index in [1.165, 1.54) is 6.42 Å². The average Bonchev–Trinajstić information content (AvgIpc) is 2.69. The summed E-state index contributed by atoms with van der Waals surface area (Å²) in [5.74, 6) is 0.307. The van der Waals surface area contributed by atoms with Crippen LogP contribution < -0.4 is 9.50 Å². The van der Waals surface area contributed by atoms with Crippen LogP contribution in [0.4, 0.5) is 5.69 Å². The van der Waals surface area contributed by atoms with E-state index in [9.17, 15) is 13.2 Å². The van der Waals surface area contributed by atoms with Gasteiger partial charge in [0.05, 0.1) is 0 Å². The van der Waals surface area contributed by atoms with E-state index in [2.05, 4.69) is 26.1 Å². The number of benzene rings is 2. The highest BCUT2D eigenvalue weighted by Gasteiger charge is 2.22. The number of nitrogens with one attached hydrogen (secondary N) is 1. The first kappa shape index (κ1) is 21.4. The predicted octanol–water partition coefficient (Wildman–Crippen LogP) is 5.27. The third-order valence-electron chi connectivity index (χ3n) is 5.31. The molecule has 1 fully saturated rings. The van der Waals surface area contributed by atoms with Crippen LogP contribution in [0.2, 0.25) is 0 Å². The number of hydrogen-bond acceptors (Lipinski definition) is 4. The highest BCUT2D eigenvalue weighted by Crippen LogP contribution is 2.27. The third-order valence-corrected chi connectivity index (χ3v) is 6.57. The molecule has 0 unspecified atom stereocenters. The van der Waals surface area contributed by atoms with Crippen LogP contribution in [0.15, 0.2) is 53.4 Å². The number of rotatable bonds is 5. The molecular formula is C23H29NO4S. The lowest BCUT2D eigenvalue weighted by atomic mass is 9.87. The van der Waals surface area contributed by atoms with E-state index >= 15 is 0 Å². The summed E-state index contributed by atoms with van der Waals surface area (Å²) in [4.78, 5) is 12.4. The predicted molar refractivity (Wildman–Crippen MR) is 115 cm³/mol. The smallest absolute Gasteiger partial charge is 0.339 e. The van der Waals surface area contributed by atoms with Gasteiger partial charge in [-0.05, 0) is 60.2 Å². The quantitative estimate of drug-likeness (QED) is 0.675. The Balaban J connectivity index is 1.64. The first-order valence-electron chi connectivity index (χ1n) is 10.1. The molecule has 0 spiro atoms. The van der Waals surface area contributed by atoms with Gasteiger partial charge in [0, 0.05) is 11.6 Å². The summed E-state index contributed by atoms with van der Waals surface area (Å²) >= 11 is 0. The summed E-state index contributed by atoms with van der Waals surface area (Å²) in [5, 5.41) is 2.91. The average molecular weight is 416 g/mol. The van der Waals surface area contributed by atoms with Crippen LogP contribution in [0.3, 0.4) is 0 Å². The molecule has 0 heterocycles. The summed E-state index contributed by atoms with van der Waals surface area (Å²) in [7, 11) is -3.92. The minimum atomic E-state index is -3.92. The van der Waals surface area contributed by atoms with Gasteiger partial charge in [-0.25, -0.2) is 0 Å². The zero-order valence-corrected chi connectivity index (χ0v) is 18.1. The van der Waals surface area contributed by atoms with Crippen molar-refractivity contribution in [3.63, 3.8) is 0 Å².